The molecule has 0 saturated heterocycles. The first-order chi connectivity index (χ1) is 12.1. The van der Waals surface area contributed by atoms with E-state index in [2.05, 4.69) is 19.1 Å². The van der Waals surface area contributed by atoms with Crippen LogP contribution in [0.2, 0.25) is 0 Å². The molecule has 0 aliphatic carbocycles. The van der Waals surface area contributed by atoms with Crippen LogP contribution in [0, 0.1) is 0 Å². The van der Waals surface area contributed by atoms with Crippen molar-refractivity contribution >= 4 is 10.1 Å². The number of rotatable bonds is 19. The predicted molar refractivity (Wildman–Crippen MR) is 105 cm³/mol. The third kappa shape index (κ3) is 26.8. The molecule has 0 aromatic rings. The molecular weight excluding hydrogens is 359 g/mol. The van der Waals surface area contributed by atoms with Gasteiger partial charge >= 0.3 is 29.6 Å². The van der Waals surface area contributed by atoms with Crippen molar-refractivity contribution in [2.24, 2.45) is 0 Å². The van der Waals surface area contributed by atoms with E-state index in [0.717, 1.165) is 12.8 Å². The van der Waals surface area contributed by atoms with Gasteiger partial charge in [-0.05, 0) is 32.1 Å². The molecular formula is C20H39NaO4S. The molecule has 0 unspecified atom stereocenters. The quantitative estimate of drug-likeness (QED) is 0.145. The van der Waals surface area contributed by atoms with Crippen LogP contribution in [0.4, 0.5) is 0 Å². The van der Waals surface area contributed by atoms with E-state index in [1.807, 2.05) is 0 Å². The van der Waals surface area contributed by atoms with Gasteiger partial charge in [0, 0.05) is 6.61 Å². The molecule has 0 atom stereocenters. The Morgan fingerprint density at radius 1 is 0.731 bits per heavy atom. The summed E-state index contributed by atoms with van der Waals surface area (Å²) in [6, 6.07) is 0. The fourth-order valence-corrected chi connectivity index (χ4v) is 3.04. The maximum Gasteiger partial charge on any atom is 1.00 e. The first kappa shape index (κ1) is 28.8. The molecule has 0 bridgehead atoms. The minimum atomic E-state index is -4.13. The van der Waals surface area contributed by atoms with Crippen LogP contribution < -0.4 is 29.6 Å². The first-order valence-electron chi connectivity index (χ1n) is 10.2. The Kier molecular flexibility index (Phi) is 24.3. The third-order valence-corrected chi connectivity index (χ3v) is 4.94. The van der Waals surface area contributed by atoms with Crippen molar-refractivity contribution in [3.63, 3.8) is 0 Å². The monoisotopic (exact) mass is 398 g/mol. The zero-order chi connectivity index (χ0) is 18.6. The summed E-state index contributed by atoms with van der Waals surface area (Å²) in [6.45, 7) is 2.83. The molecule has 0 amide bonds. The molecule has 150 valence electrons. The minimum absolute atomic E-state index is 0. The Morgan fingerprint density at radius 2 is 1.19 bits per heavy atom. The maximum absolute atomic E-state index is 10.4. The zero-order valence-electron chi connectivity index (χ0n) is 17.2. The summed E-state index contributed by atoms with van der Waals surface area (Å²) in [5.41, 5.74) is 0. The minimum Gasteiger partial charge on any atom is -0.748 e. The van der Waals surface area contributed by atoms with E-state index in [4.69, 9.17) is 4.74 Å². The van der Waals surface area contributed by atoms with Crippen LogP contribution in [0.1, 0.15) is 96.8 Å². The Labute approximate surface area is 184 Å². The molecule has 6 heteroatoms. The summed E-state index contributed by atoms with van der Waals surface area (Å²) < 4.78 is 36.3. The van der Waals surface area contributed by atoms with Gasteiger partial charge in [0.2, 0.25) is 0 Å². The van der Waals surface area contributed by atoms with Gasteiger partial charge in [0.15, 0.2) is 0 Å². The molecule has 0 fully saturated rings. The summed E-state index contributed by atoms with van der Waals surface area (Å²) >= 11 is 0. The van der Waals surface area contributed by atoms with E-state index in [1.165, 1.54) is 77.0 Å². The normalized spacial score (nSPS) is 11.8. The van der Waals surface area contributed by atoms with Crippen molar-refractivity contribution in [1.82, 2.24) is 0 Å². The van der Waals surface area contributed by atoms with Crippen LogP contribution in [0.15, 0.2) is 12.2 Å². The van der Waals surface area contributed by atoms with Gasteiger partial charge in [-0.2, -0.15) is 0 Å². The Bertz CT molecular complexity index is 397. The van der Waals surface area contributed by atoms with E-state index in [1.54, 1.807) is 0 Å². The smallest absolute Gasteiger partial charge is 0.748 e. The molecule has 0 rings (SSSR count). The molecule has 26 heavy (non-hydrogen) atoms. The molecule has 0 spiro atoms. The Hall–Kier alpha value is 0.610. The molecule has 0 heterocycles. The van der Waals surface area contributed by atoms with Gasteiger partial charge in [0.05, 0.1) is 22.5 Å². The molecule has 0 radical (unpaired) electrons. The summed E-state index contributed by atoms with van der Waals surface area (Å²) in [5, 5.41) is 0. The number of hydrogen-bond acceptors (Lipinski definition) is 4. The topological polar surface area (TPSA) is 66.4 Å². The van der Waals surface area contributed by atoms with Crippen LogP contribution in [0.3, 0.4) is 0 Å². The van der Waals surface area contributed by atoms with Crippen molar-refractivity contribution < 1.29 is 47.3 Å². The van der Waals surface area contributed by atoms with E-state index < -0.39 is 15.9 Å². The van der Waals surface area contributed by atoms with Crippen molar-refractivity contribution in [2.45, 2.75) is 96.8 Å². The average Bonchev–Trinajstić information content (AvgIpc) is 2.56. The average molecular weight is 399 g/mol. The van der Waals surface area contributed by atoms with Gasteiger partial charge < -0.3 is 9.29 Å². The van der Waals surface area contributed by atoms with Crippen LogP contribution >= 0.6 is 0 Å². The van der Waals surface area contributed by atoms with Gasteiger partial charge in [-0.25, -0.2) is 8.42 Å². The molecule has 0 aliphatic heterocycles. The second kappa shape index (κ2) is 21.9. The van der Waals surface area contributed by atoms with Crippen LogP contribution in [0.25, 0.3) is 0 Å². The molecule has 0 aromatic carbocycles. The van der Waals surface area contributed by atoms with Crippen LogP contribution in [0.5, 0.6) is 0 Å². The standard InChI is InChI=1S/C20H40O4S.Na/c1-2-3-4-5-6-7-8-9-10-11-12-13-14-15-16-17-18-24-19-20-25(21,22)23;/h9-10H,2-8,11-20H2,1H3,(H,21,22,23);/q;+1/p-1/b10-9-;. The summed E-state index contributed by atoms with van der Waals surface area (Å²) in [7, 11) is -4.13. The van der Waals surface area contributed by atoms with E-state index >= 15 is 0 Å². The van der Waals surface area contributed by atoms with Gasteiger partial charge in [-0.15, -0.1) is 0 Å². The summed E-state index contributed by atoms with van der Waals surface area (Å²) in [5.74, 6) is -0.417. The second-order valence-corrected chi connectivity index (χ2v) is 8.34. The number of allylic oxidation sites excluding steroid dienone is 2. The first-order valence-corrected chi connectivity index (χ1v) is 11.8. The van der Waals surface area contributed by atoms with Crippen molar-refractivity contribution in [3.05, 3.63) is 12.2 Å². The largest absolute Gasteiger partial charge is 1.00 e. The fraction of sp³-hybridized carbons (Fsp3) is 0.900. The third-order valence-electron chi connectivity index (χ3n) is 4.28. The molecule has 0 aromatic heterocycles. The van der Waals surface area contributed by atoms with E-state index in [-0.39, 0.29) is 36.2 Å². The van der Waals surface area contributed by atoms with Crippen LogP contribution in [-0.2, 0) is 14.9 Å². The Balaban J connectivity index is 0. The van der Waals surface area contributed by atoms with Crippen LogP contribution in [-0.4, -0.2) is 31.9 Å². The number of unbranched alkanes of at least 4 members (excludes halogenated alkanes) is 12. The predicted octanol–water partition coefficient (Wildman–Crippen LogP) is 2.59. The van der Waals surface area contributed by atoms with E-state index in [0.29, 0.717) is 6.61 Å². The SMILES string of the molecule is CCCCCCCC/C=C\CCCCCCCCOCCS(=O)(=O)[O-].[Na+]. The fourth-order valence-electron chi connectivity index (χ4n) is 2.71. The number of ether oxygens (including phenoxy) is 1. The zero-order valence-corrected chi connectivity index (χ0v) is 20.0. The maximum atomic E-state index is 10.4. The summed E-state index contributed by atoms with van der Waals surface area (Å²) in [6.07, 6.45) is 22.4. The van der Waals surface area contributed by atoms with Crippen molar-refractivity contribution in [2.75, 3.05) is 19.0 Å². The summed E-state index contributed by atoms with van der Waals surface area (Å²) in [4.78, 5) is 0. The van der Waals surface area contributed by atoms with Gasteiger partial charge in [0.25, 0.3) is 0 Å². The molecule has 0 aliphatic rings. The van der Waals surface area contributed by atoms with Gasteiger partial charge in [0.1, 0.15) is 0 Å². The molecule has 0 N–H and O–H groups in total. The van der Waals surface area contributed by atoms with Crippen molar-refractivity contribution in [1.29, 1.82) is 0 Å². The number of hydrogen-bond donors (Lipinski definition) is 0. The molecule has 0 saturated carbocycles. The second-order valence-electron chi connectivity index (χ2n) is 6.81. The van der Waals surface area contributed by atoms with Gasteiger partial charge in [-0.3, -0.25) is 0 Å². The Morgan fingerprint density at radius 3 is 1.69 bits per heavy atom. The molecule has 4 nitrogen and oxygen atoms in total. The van der Waals surface area contributed by atoms with Gasteiger partial charge in [-0.1, -0.05) is 76.9 Å². The van der Waals surface area contributed by atoms with E-state index in [9.17, 15) is 13.0 Å². The van der Waals surface area contributed by atoms with Crippen molar-refractivity contribution in [3.8, 4) is 0 Å².